The van der Waals surface area contributed by atoms with E-state index < -0.39 is 21.9 Å². The topological polar surface area (TPSA) is 115 Å². The summed E-state index contributed by atoms with van der Waals surface area (Å²) in [5, 5.41) is 7.28. The van der Waals surface area contributed by atoms with E-state index >= 15 is 0 Å². The van der Waals surface area contributed by atoms with E-state index in [-0.39, 0.29) is 9.90 Å². The SMILES string of the molecule is NC(=O)Nc1cc(-c2ccc(F)cc2)sc1S(N)(=O)=O. The minimum Gasteiger partial charge on any atom is -0.351 e. The number of halogens is 1. The van der Waals surface area contributed by atoms with Gasteiger partial charge in [-0.3, -0.25) is 0 Å². The molecule has 106 valence electrons. The lowest BCUT2D eigenvalue weighted by molar-refractivity contribution is 0.259. The zero-order chi connectivity index (χ0) is 14.9. The Morgan fingerprint density at radius 2 is 1.85 bits per heavy atom. The lowest BCUT2D eigenvalue weighted by Gasteiger charge is -2.00. The molecule has 0 bridgehead atoms. The Morgan fingerprint density at radius 1 is 1.25 bits per heavy atom. The number of carbonyl (C=O) groups is 1. The van der Waals surface area contributed by atoms with Crippen molar-refractivity contribution in [1.82, 2.24) is 0 Å². The van der Waals surface area contributed by atoms with Gasteiger partial charge < -0.3 is 11.1 Å². The number of rotatable bonds is 3. The number of carbonyl (C=O) groups excluding carboxylic acids is 1. The highest BCUT2D eigenvalue weighted by molar-refractivity contribution is 7.91. The second-order valence-corrected chi connectivity index (χ2v) is 6.66. The molecule has 1 heterocycles. The van der Waals surface area contributed by atoms with Crippen LogP contribution in [-0.4, -0.2) is 14.4 Å². The molecule has 5 N–H and O–H groups in total. The maximum atomic E-state index is 12.9. The first-order chi connectivity index (χ1) is 9.27. The molecule has 0 radical (unpaired) electrons. The second kappa shape index (κ2) is 5.19. The van der Waals surface area contributed by atoms with Crippen LogP contribution < -0.4 is 16.2 Å². The predicted molar refractivity (Wildman–Crippen MR) is 74.3 cm³/mol. The van der Waals surface area contributed by atoms with E-state index in [0.29, 0.717) is 10.4 Å². The fraction of sp³-hybridized carbons (Fsp3) is 0. The van der Waals surface area contributed by atoms with Crippen molar-refractivity contribution in [2.45, 2.75) is 4.21 Å². The van der Waals surface area contributed by atoms with Gasteiger partial charge in [0, 0.05) is 4.88 Å². The minimum absolute atomic E-state index is 0.00400. The van der Waals surface area contributed by atoms with Crippen molar-refractivity contribution in [2.24, 2.45) is 10.9 Å². The number of nitrogens with two attached hydrogens (primary N) is 2. The molecule has 0 fully saturated rings. The van der Waals surface area contributed by atoms with Crippen LogP contribution in [0.25, 0.3) is 10.4 Å². The molecule has 0 aliphatic carbocycles. The Labute approximate surface area is 118 Å². The van der Waals surface area contributed by atoms with Crippen LogP contribution in [0.15, 0.2) is 34.5 Å². The third kappa shape index (κ3) is 3.13. The second-order valence-electron chi connectivity index (χ2n) is 3.85. The van der Waals surface area contributed by atoms with Crippen molar-refractivity contribution in [3.63, 3.8) is 0 Å². The number of benzene rings is 1. The number of hydrogen-bond acceptors (Lipinski definition) is 4. The number of thiophene rings is 1. The monoisotopic (exact) mass is 315 g/mol. The highest BCUT2D eigenvalue weighted by atomic mass is 32.2. The van der Waals surface area contributed by atoms with E-state index in [4.69, 9.17) is 10.9 Å². The Morgan fingerprint density at radius 3 is 2.35 bits per heavy atom. The molecule has 0 spiro atoms. The summed E-state index contributed by atoms with van der Waals surface area (Å²) in [5.74, 6) is -0.410. The summed E-state index contributed by atoms with van der Waals surface area (Å²) in [7, 11) is -4.00. The first-order valence-corrected chi connectivity index (χ1v) is 7.62. The molecule has 9 heteroatoms. The van der Waals surface area contributed by atoms with Crippen molar-refractivity contribution < 1.29 is 17.6 Å². The third-order valence-corrected chi connectivity index (χ3v) is 5.01. The lowest BCUT2D eigenvalue weighted by atomic mass is 10.2. The van der Waals surface area contributed by atoms with Crippen molar-refractivity contribution in [2.75, 3.05) is 5.32 Å². The van der Waals surface area contributed by atoms with E-state index in [1.54, 1.807) is 0 Å². The van der Waals surface area contributed by atoms with Crippen LogP contribution in [-0.2, 0) is 10.0 Å². The molecule has 1 aromatic carbocycles. The molecule has 0 aliphatic heterocycles. The van der Waals surface area contributed by atoms with E-state index in [1.807, 2.05) is 0 Å². The molecule has 1 aromatic heterocycles. The molecule has 2 rings (SSSR count). The van der Waals surface area contributed by atoms with Crippen LogP contribution in [0.3, 0.4) is 0 Å². The highest BCUT2D eigenvalue weighted by Gasteiger charge is 2.20. The van der Waals surface area contributed by atoms with Crippen molar-refractivity contribution in [3.8, 4) is 10.4 Å². The van der Waals surface area contributed by atoms with Gasteiger partial charge in [0.1, 0.15) is 5.82 Å². The first kappa shape index (κ1) is 14.4. The minimum atomic E-state index is -4.00. The molecule has 2 aromatic rings. The summed E-state index contributed by atoms with van der Waals surface area (Å²) in [6.45, 7) is 0. The average molecular weight is 315 g/mol. The highest BCUT2D eigenvalue weighted by Crippen LogP contribution is 2.37. The molecule has 6 nitrogen and oxygen atoms in total. The average Bonchev–Trinajstić information content (AvgIpc) is 2.72. The molecule has 0 atom stereocenters. The molecule has 0 aliphatic rings. The van der Waals surface area contributed by atoms with Crippen LogP contribution in [0.2, 0.25) is 0 Å². The summed E-state index contributed by atoms with van der Waals surface area (Å²) in [6, 6.07) is 5.98. The summed E-state index contributed by atoms with van der Waals surface area (Å²) in [4.78, 5) is 11.4. The predicted octanol–water partition coefficient (Wildman–Crippen LogP) is 1.69. The number of urea groups is 1. The lowest BCUT2D eigenvalue weighted by Crippen LogP contribution is -2.21. The van der Waals surface area contributed by atoms with Gasteiger partial charge in [-0.1, -0.05) is 12.1 Å². The summed E-state index contributed by atoms with van der Waals surface area (Å²) >= 11 is 0.862. The smallest absolute Gasteiger partial charge is 0.316 e. The molecule has 0 saturated carbocycles. The normalized spacial score (nSPS) is 11.3. The Balaban J connectivity index is 2.54. The summed E-state index contributed by atoms with van der Waals surface area (Å²) in [5.41, 5.74) is 5.57. The van der Waals surface area contributed by atoms with Gasteiger partial charge in [0.15, 0.2) is 4.21 Å². The number of primary amides is 1. The zero-order valence-corrected chi connectivity index (χ0v) is 11.6. The van der Waals surface area contributed by atoms with Gasteiger partial charge in [-0.15, -0.1) is 11.3 Å². The fourth-order valence-electron chi connectivity index (χ4n) is 1.56. The van der Waals surface area contributed by atoms with E-state index in [2.05, 4.69) is 5.32 Å². The third-order valence-electron chi connectivity index (χ3n) is 2.34. The van der Waals surface area contributed by atoms with Crippen LogP contribution in [0.1, 0.15) is 0 Å². The summed E-state index contributed by atoms with van der Waals surface area (Å²) < 4.78 is 35.6. The quantitative estimate of drug-likeness (QED) is 0.800. The molecule has 0 unspecified atom stereocenters. The zero-order valence-electron chi connectivity index (χ0n) is 9.96. The standard InChI is InChI=1S/C11H10FN3O3S2/c12-7-3-1-6(2-4-7)9-5-8(15-11(13)16)10(19-9)20(14,17)18/h1-5H,(H3,13,15,16)(H2,14,17,18). The Hall–Kier alpha value is -1.97. The first-order valence-electron chi connectivity index (χ1n) is 5.26. The Kier molecular flexibility index (Phi) is 3.75. The van der Waals surface area contributed by atoms with Gasteiger partial charge >= 0.3 is 6.03 Å². The van der Waals surface area contributed by atoms with E-state index in [9.17, 15) is 17.6 Å². The van der Waals surface area contributed by atoms with Gasteiger partial charge in [0.05, 0.1) is 5.69 Å². The van der Waals surface area contributed by atoms with Crippen molar-refractivity contribution in [1.29, 1.82) is 0 Å². The number of nitrogens with one attached hydrogen (secondary N) is 1. The molecule has 0 saturated heterocycles. The molecular weight excluding hydrogens is 305 g/mol. The number of amides is 2. The van der Waals surface area contributed by atoms with Crippen molar-refractivity contribution >= 4 is 33.1 Å². The maximum Gasteiger partial charge on any atom is 0.316 e. The van der Waals surface area contributed by atoms with Crippen LogP contribution in [0.5, 0.6) is 0 Å². The number of sulfonamides is 1. The van der Waals surface area contributed by atoms with Crippen LogP contribution in [0.4, 0.5) is 14.9 Å². The van der Waals surface area contributed by atoms with Gasteiger partial charge in [-0.2, -0.15) is 0 Å². The molecule has 2 amide bonds. The van der Waals surface area contributed by atoms with Gasteiger partial charge in [0.25, 0.3) is 0 Å². The maximum absolute atomic E-state index is 12.9. The largest absolute Gasteiger partial charge is 0.351 e. The van der Waals surface area contributed by atoms with E-state index in [0.717, 1.165) is 11.3 Å². The fourth-order valence-corrected chi connectivity index (χ4v) is 3.56. The van der Waals surface area contributed by atoms with Gasteiger partial charge in [0.2, 0.25) is 10.0 Å². The number of anilines is 1. The van der Waals surface area contributed by atoms with E-state index in [1.165, 1.54) is 30.3 Å². The van der Waals surface area contributed by atoms with Crippen LogP contribution in [0, 0.1) is 5.82 Å². The Bertz CT molecular complexity index is 754. The van der Waals surface area contributed by atoms with Crippen molar-refractivity contribution in [3.05, 3.63) is 36.1 Å². The summed E-state index contributed by atoms with van der Waals surface area (Å²) in [6.07, 6.45) is 0. The van der Waals surface area contributed by atoms with Gasteiger partial charge in [-0.05, 0) is 23.8 Å². The number of hydrogen-bond donors (Lipinski definition) is 3. The molecule has 20 heavy (non-hydrogen) atoms. The van der Waals surface area contributed by atoms with Gasteiger partial charge in [-0.25, -0.2) is 22.7 Å². The molecular formula is C11H10FN3O3S2. The number of primary sulfonamides is 1. The van der Waals surface area contributed by atoms with Crippen LogP contribution >= 0.6 is 11.3 Å².